The minimum atomic E-state index is -0.347. The molecular formula is C16H14ClIN2O3. The summed E-state index contributed by atoms with van der Waals surface area (Å²) >= 11 is 7.95. The maximum absolute atomic E-state index is 11.7. The summed E-state index contributed by atoms with van der Waals surface area (Å²) in [4.78, 5) is 11.7. The van der Waals surface area contributed by atoms with E-state index in [9.17, 15) is 4.79 Å². The number of hydrazone groups is 1. The number of benzene rings is 2. The molecule has 2 aromatic rings. The average molecular weight is 445 g/mol. The van der Waals surface area contributed by atoms with Crippen LogP contribution >= 0.6 is 34.2 Å². The van der Waals surface area contributed by atoms with Gasteiger partial charge in [-0.15, -0.1) is 0 Å². The van der Waals surface area contributed by atoms with E-state index in [1.54, 1.807) is 31.5 Å². The van der Waals surface area contributed by atoms with Crippen molar-refractivity contribution in [2.24, 2.45) is 5.10 Å². The lowest BCUT2D eigenvalue weighted by Crippen LogP contribution is -2.24. The van der Waals surface area contributed by atoms with E-state index in [0.29, 0.717) is 10.8 Å². The SMILES string of the molecule is COc1ccc(/C=N\NC(=O)COc2ccc(Cl)cc2I)cc1. The molecule has 0 fully saturated rings. The highest BCUT2D eigenvalue weighted by Gasteiger charge is 2.05. The molecule has 0 bridgehead atoms. The van der Waals surface area contributed by atoms with Crippen molar-refractivity contribution in [1.29, 1.82) is 0 Å². The van der Waals surface area contributed by atoms with Crippen molar-refractivity contribution in [2.75, 3.05) is 13.7 Å². The number of methoxy groups -OCH3 is 1. The third-order valence-corrected chi connectivity index (χ3v) is 3.85. The van der Waals surface area contributed by atoms with Crippen molar-refractivity contribution in [3.63, 3.8) is 0 Å². The van der Waals surface area contributed by atoms with Crippen LogP contribution in [0.3, 0.4) is 0 Å². The largest absolute Gasteiger partial charge is 0.497 e. The van der Waals surface area contributed by atoms with Gasteiger partial charge in [0.05, 0.1) is 16.9 Å². The van der Waals surface area contributed by atoms with Crippen molar-refractivity contribution in [3.05, 3.63) is 56.6 Å². The number of nitrogens with zero attached hydrogens (tertiary/aromatic N) is 1. The number of amides is 1. The summed E-state index contributed by atoms with van der Waals surface area (Å²) in [6.07, 6.45) is 1.55. The molecule has 0 aliphatic heterocycles. The Morgan fingerprint density at radius 1 is 1.30 bits per heavy atom. The first-order valence-electron chi connectivity index (χ1n) is 6.62. The predicted octanol–water partition coefficient (Wildman–Crippen LogP) is 3.48. The van der Waals surface area contributed by atoms with Crippen molar-refractivity contribution < 1.29 is 14.3 Å². The predicted molar refractivity (Wildman–Crippen MR) is 98.4 cm³/mol. The fraction of sp³-hybridized carbons (Fsp3) is 0.125. The molecule has 7 heteroatoms. The van der Waals surface area contributed by atoms with Crippen molar-refractivity contribution >= 4 is 46.3 Å². The molecule has 0 atom stereocenters. The summed E-state index contributed by atoms with van der Waals surface area (Å²) in [5.74, 6) is 1.02. The molecular weight excluding hydrogens is 431 g/mol. The second-order valence-corrected chi connectivity index (χ2v) is 6.03. The first kappa shape index (κ1) is 17.6. The van der Waals surface area contributed by atoms with Crippen LogP contribution in [0, 0.1) is 3.57 Å². The van der Waals surface area contributed by atoms with Gasteiger partial charge < -0.3 is 9.47 Å². The Morgan fingerprint density at radius 3 is 2.70 bits per heavy atom. The van der Waals surface area contributed by atoms with Crippen molar-refractivity contribution in [2.45, 2.75) is 0 Å². The molecule has 0 saturated carbocycles. The maximum atomic E-state index is 11.7. The van der Waals surface area contributed by atoms with Crippen molar-refractivity contribution in [1.82, 2.24) is 5.43 Å². The highest BCUT2D eigenvalue weighted by molar-refractivity contribution is 14.1. The van der Waals surface area contributed by atoms with Gasteiger partial charge in [-0.05, 0) is 70.6 Å². The van der Waals surface area contributed by atoms with E-state index in [-0.39, 0.29) is 12.5 Å². The zero-order chi connectivity index (χ0) is 16.7. The number of ether oxygens (including phenoxy) is 2. The van der Waals surface area contributed by atoms with Crippen LogP contribution in [0.15, 0.2) is 47.6 Å². The minimum Gasteiger partial charge on any atom is -0.497 e. The smallest absolute Gasteiger partial charge is 0.277 e. The van der Waals surface area contributed by atoms with Crippen molar-refractivity contribution in [3.8, 4) is 11.5 Å². The lowest BCUT2D eigenvalue weighted by Gasteiger charge is -2.07. The van der Waals surface area contributed by atoms with E-state index in [2.05, 4.69) is 33.1 Å². The normalized spacial score (nSPS) is 10.6. The van der Waals surface area contributed by atoms with E-state index in [0.717, 1.165) is 14.9 Å². The third-order valence-electron chi connectivity index (χ3n) is 2.77. The van der Waals surface area contributed by atoms with Gasteiger partial charge in [-0.1, -0.05) is 11.6 Å². The lowest BCUT2D eigenvalue weighted by atomic mass is 10.2. The number of halogens is 2. The molecule has 120 valence electrons. The van der Waals surface area contributed by atoms with Gasteiger partial charge in [0.25, 0.3) is 5.91 Å². The van der Waals surface area contributed by atoms with E-state index >= 15 is 0 Å². The highest BCUT2D eigenvalue weighted by Crippen LogP contribution is 2.24. The van der Waals surface area contributed by atoms with Gasteiger partial charge in [-0.2, -0.15) is 5.10 Å². The monoisotopic (exact) mass is 444 g/mol. The summed E-state index contributed by atoms with van der Waals surface area (Å²) in [5, 5.41) is 4.50. The molecule has 0 aromatic heterocycles. The van der Waals surface area contributed by atoms with Gasteiger partial charge in [0.15, 0.2) is 6.61 Å². The van der Waals surface area contributed by atoms with Gasteiger partial charge in [-0.25, -0.2) is 5.43 Å². The molecule has 0 heterocycles. The number of rotatable bonds is 6. The lowest BCUT2D eigenvalue weighted by molar-refractivity contribution is -0.123. The summed E-state index contributed by atoms with van der Waals surface area (Å²) in [7, 11) is 1.60. The fourth-order valence-corrected chi connectivity index (χ4v) is 2.66. The Balaban J connectivity index is 1.81. The molecule has 2 aromatic carbocycles. The van der Waals surface area contributed by atoms with Crippen LogP contribution in [0.5, 0.6) is 11.5 Å². The molecule has 0 spiro atoms. The van der Waals surface area contributed by atoms with E-state index < -0.39 is 0 Å². The van der Waals surface area contributed by atoms with Crippen LogP contribution in [-0.2, 0) is 4.79 Å². The second-order valence-electron chi connectivity index (χ2n) is 4.43. The average Bonchev–Trinajstić information content (AvgIpc) is 2.54. The number of hydrogen-bond acceptors (Lipinski definition) is 4. The Morgan fingerprint density at radius 2 is 2.04 bits per heavy atom. The van der Waals surface area contributed by atoms with Gasteiger partial charge >= 0.3 is 0 Å². The van der Waals surface area contributed by atoms with Crippen LogP contribution in [0.1, 0.15) is 5.56 Å². The first-order chi connectivity index (χ1) is 11.1. The molecule has 23 heavy (non-hydrogen) atoms. The molecule has 1 N–H and O–H groups in total. The minimum absolute atomic E-state index is 0.127. The van der Waals surface area contributed by atoms with Gasteiger partial charge in [0.2, 0.25) is 0 Å². The molecule has 0 saturated heterocycles. The zero-order valence-corrected chi connectivity index (χ0v) is 15.2. The van der Waals surface area contributed by atoms with Crippen LogP contribution in [0.2, 0.25) is 5.02 Å². The molecule has 1 amide bonds. The molecule has 5 nitrogen and oxygen atoms in total. The molecule has 0 unspecified atom stereocenters. The highest BCUT2D eigenvalue weighted by atomic mass is 127. The maximum Gasteiger partial charge on any atom is 0.277 e. The topological polar surface area (TPSA) is 59.9 Å². The van der Waals surface area contributed by atoms with Gasteiger partial charge in [-0.3, -0.25) is 4.79 Å². The van der Waals surface area contributed by atoms with Crippen LogP contribution < -0.4 is 14.9 Å². The van der Waals surface area contributed by atoms with Crippen LogP contribution in [0.25, 0.3) is 0 Å². The summed E-state index contributed by atoms with van der Waals surface area (Å²) in [6.45, 7) is -0.127. The number of carbonyl (C=O) groups is 1. The third kappa shape index (κ3) is 5.72. The Kier molecular flexibility index (Phi) is 6.66. The molecule has 0 aliphatic carbocycles. The van der Waals surface area contributed by atoms with Crippen LogP contribution in [-0.4, -0.2) is 25.8 Å². The van der Waals surface area contributed by atoms with E-state index in [1.807, 2.05) is 24.3 Å². The first-order valence-corrected chi connectivity index (χ1v) is 8.08. The second kappa shape index (κ2) is 8.73. The number of hydrogen-bond donors (Lipinski definition) is 1. The quantitative estimate of drug-likeness (QED) is 0.422. The van der Waals surface area contributed by atoms with E-state index in [4.69, 9.17) is 21.1 Å². The number of nitrogens with one attached hydrogen (secondary N) is 1. The Labute approximate surface area is 152 Å². The van der Waals surface area contributed by atoms with Gasteiger partial charge in [0.1, 0.15) is 11.5 Å². The molecule has 0 radical (unpaired) electrons. The number of carbonyl (C=O) groups excluding carboxylic acids is 1. The summed E-state index contributed by atoms with van der Waals surface area (Å²) in [5.41, 5.74) is 3.25. The van der Waals surface area contributed by atoms with Gasteiger partial charge in [0, 0.05) is 5.02 Å². The zero-order valence-electron chi connectivity index (χ0n) is 12.3. The Hall–Kier alpha value is -1.80. The molecule has 2 rings (SSSR count). The summed E-state index contributed by atoms with van der Waals surface area (Å²) < 4.78 is 11.3. The Bertz CT molecular complexity index is 705. The van der Waals surface area contributed by atoms with Crippen LogP contribution in [0.4, 0.5) is 0 Å². The molecule has 0 aliphatic rings. The summed E-state index contributed by atoms with van der Waals surface area (Å²) in [6, 6.07) is 12.5. The fourth-order valence-electron chi connectivity index (χ4n) is 1.64. The standard InChI is InChI=1S/C16H14ClIN2O3/c1-22-13-5-2-11(3-6-13)9-19-20-16(21)10-23-15-7-4-12(17)8-14(15)18/h2-9H,10H2,1H3,(H,20,21)/b19-9-. The van der Waals surface area contributed by atoms with E-state index in [1.165, 1.54) is 0 Å².